The van der Waals surface area contributed by atoms with Crippen LogP contribution in [0.1, 0.15) is 53.3 Å². The molecule has 4 rings (SSSR count). The Bertz CT molecular complexity index is 814. The summed E-state index contributed by atoms with van der Waals surface area (Å²) < 4.78 is 0. The van der Waals surface area contributed by atoms with Gasteiger partial charge in [0.2, 0.25) is 0 Å². The van der Waals surface area contributed by atoms with Crippen LogP contribution in [0.2, 0.25) is 0 Å². The molecule has 5 heteroatoms. The van der Waals surface area contributed by atoms with Crippen molar-refractivity contribution in [2.75, 3.05) is 37.6 Å². The Labute approximate surface area is 167 Å². The molecule has 5 nitrogen and oxygen atoms in total. The third-order valence-electron chi connectivity index (χ3n) is 5.93. The Hall–Kier alpha value is -2.40. The second kappa shape index (κ2) is 8.74. The van der Waals surface area contributed by atoms with Crippen LogP contribution < -0.4 is 10.2 Å². The highest BCUT2D eigenvalue weighted by molar-refractivity contribution is 5.93. The molecule has 1 aromatic carbocycles. The van der Waals surface area contributed by atoms with E-state index in [9.17, 15) is 4.79 Å². The lowest BCUT2D eigenvalue weighted by Crippen LogP contribution is -2.39. The molecule has 0 spiro atoms. The molecule has 0 aliphatic carbocycles. The van der Waals surface area contributed by atoms with Crippen molar-refractivity contribution in [2.24, 2.45) is 0 Å². The molecular formula is C23H30N4O. The number of anilines is 1. The van der Waals surface area contributed by atoms with E-state index in [1.165, 1.54) is 11.1 Å². The number of rotatable bonds is 3. The maximum absolute atomic E-state index is 13.4. The number of nitrogens with one attached hydrogen (secondary N) is 1. The third-order valence-corrected chi connectivity index (χ3v) is 5.93. The highest BCUT2D eigenvalue weighted by Gasteiger charge is 2.30. The van der Waals surface area contributed by atoms with Crippen molar-refractivity contribution in [1.29, 1.82) is 0 Å². The summed E-state index contributed by atoms with van der Waals surface area (Å²) in [6, 6.07) is 14.5. The van der Waals surface area contributed by atoms with Crippen LogP contribution in [0.25, 0.3) is 0 Å². The van der Waals surface area contributed by atoms with Crippen molar-refractivity contribution in [3.05, 3.63) is 59.3 Å². The predicted molar refractivity (Wildman–Crippen MR) is 113 cm³/mol. The Morgan fingerprint density at radius 1 is 1.00 bits per heavy atom. The van der Waals surface area contributed by atoms with Gasteiger partial charge in [-0.1, -0.05) is 30.3 Å². The number of benzene rings is 1. The van der Waals surface area contributed by atoms with Gasteiger partial charge in [0.15, 0.2) is 0 Å². The molecule has 1 unspecified atom stereocenters. The van der Waals surface area contributed by atoms with Gasteiger partial charge >= 0.3 is 0 Å². The van der Waals surface area contributed by atoms with Crippen LogP contribution in [-0.2, 0) is 0 Å². The summed E-state index contributed by atoms with van der Waals surface area (Å²) >= 11 is 0. The van der Waals surface area contributed by atoms with Crippen LogP contribution in [0.4, 0.5) is 5.82 Å². The third kappa shape index (κ3) is 4.04. The summed E-state index contributed by atoms with van der Waals surface area (Å²) in [5.74, 6) is 0.974. The molecule has 1 atom stereocenters. The molecule has 28 heavy (non-hydrogen) atoms. The Kier molecular flexibility index (Phi) is 5.91. The number of likely N-dealkylation sites (tertiary alicyclic amines) is 1. The second-order valence-corrected chi connectivity index (χ2v) is 7.84. The van der Waals surface area contributed by atoms with Crippen LogP contribution in [0.5, 0.6) is 0 Å². The van der Waals surface area contributed by atoms with E-state index in [1.54, 1.807) is 0 Å². The van der Waals surface area contributed by atoms with Crippen LogP contribution in [0.15, 0.2) is 42.5 Å². The van der Waals surface area contributed by atoms with Crippen molar-refractivity contribution < 1.29 is 4.79 Å². The molecule has 0 saturated carbocycles. The summed E-state index contributed by atoms with van der Waals surface area (Å²) in [5, 5.41) is 3.42. The van der Waals surface area contributed by atoms with Crippen LogP contribution >= 0.6 is 0 Å². The fourth-order valence-electron chi connectivity index (χ4n) is 4.40. The van der Waals surface area contributed by atoms with E-state index in [2.05, 4.69) is 41.4 Å². The molecule has 2 aliphatic rings. The second-order valence-electron chi connectivity index (χ2n) is 7.84. The number of piperidine rings is 1. The van der Waals surface area contributed by atoms with Gasteiger partial charge in [-0.2, -0.15) is 0 Å². The van der Waals surface area contributed by atoms with E-state index in [-0.39, 0.29) is 11.9 Å². The van der Waals surface area contributed by atoms with Crippen molar-refractivity contribution in [1.82, 2.24) is 15.2 Å². The molecule has 0 radical (unpaired) electrons. The maximum atomic E-state index is 13.4. The van der Waals surface area contributed by atoms with Gasteiger partial charge in [0, 0.05) is 26.2 Å². The van der Waals surface area contributed by atoms with E-state index in [0.29, 0.717) is 5.69 Å². The number of aromatic nitrogens is 1. The van der Waals surface area contributed by atoms with Crippen LogP contribution in [-0.4, -0.2) is 48.5 Å². The first-order valence-corrected chi connectivity index (χ1v) is 10.5. The van der Waals surface area contributed by atoms with E-state index < -0.39 is 0 Å². The summed E-state index contributed by atoms with van der Waals surface area (Å²) in [6.45, 7) is 6.85. The van der Waals surface area contributed by atoms with Gasteiger partial charge < -0.3 is 15.1 Å². The Morgan fingerprint density at radius 3 is 2.79 bits per heavy atom. The van der Waals surface area contributed by atoms with E-state index >= 15 is 0 Å². The van der Waals surface area contributed by atoms with Gasteiger partial charge in [0.05, 0.1) is 6.04 Å². The highest BCUT2D eigenvalue weighted by Crippen LogP contribution is 2.33. The number of aryl methyl sites for hydroxylation is 1. The topological polar surface area (TPSA) is 48.5 Å². The zero-order valence-electron chi connectivity index (χ0n) is 16.7. The zero-order chi connectivity index (χ0) is 19.3. The number of pyridine rings is 1. The highest BCUT2D eigenvalue weighted by atomic mass is 16.2. The first-order valence-electron chi connectivity index (χ1n) is 10.5. The fraction of sp³-hybridized carbons (Fsp3) is 0.478. The molecule has 148 valence electrons. The summed E-state index contributed by atoms with van der Waals surface area (Å²) in [4.78, 5) is 22.5. The lowest BCUT2D eigenvalue weighted by Gasteiger charge is -2.36. The smallest absolute Gasteiger partial charge is 0.273 e. The number of hydrogen-bond donors (Lipinski definition) is 1. The molecule has 3 heterocycles. The zero-order valence-corrected chi connectivity index (χ0v) is 16.7. The molecule has 2 aliphatic heterocycles. The van der Waals surface area contributed by atoms with Gasteiger partial charge in [0.25, 0.3) is 5.91 Å². The minimum atomic E-state index is 0.0581. The standard InChI is InChI=1S/C23H30N4O/c1-18-8-2-3-9-19(18)21-11-4-5-16-27(21)23(28)20-10-6-12-22(25-20)26-15-7-13-24-14-17-26/h2-3,6,8-10,12,21,24H,4-5,7,11,13-17H2,1H3. The first kappa shape index (κ1) is 18.9. The molecule has 1 N–H and O–H groups in total. The minimum absolute atomic E-state index is 0.0581. The molecule has 1 aromatic heterocycles. The quantitative estimate of drug-likeness (QED) is 0.887. The fourth-order valence-corrected chi connectivity index (χ4v) is 4.40. The number of nitrogens with zero attached hydrogens (tertiary/aromatic N) is 3. The monoisotopic (exact) mass is 378 g/mol. The van der Waals surface area contributed by atoms with Gasteiger partial charge in [-0.25, -0.2) is 4.98 Å². The van der Waals surface area contributed by atoms with Gasteiger partial charge in [-0.05, 0) is 62.4 Å². The average molecular weight is 379 g/mol. The molecule has 2 fully saturated rings. The molecule has 0 bridgehead atoms. The number of hydrogen-bond acceptors (Lipinski definition) is 4. The number of carbonyl (C=O) groups excluding carboxylic acids is 1. The first-order chi connectivity index (χ1) is 13.7. The SMILES string of the molecule is Cc1ccccc1C1CCCCN1C(=O)c1cccc(N2CCCNCC2)n1. The van der Waals surface area contributed by atoms with Crippen molar-refractivity contribution in [3.63, 3.8) is 0 Å². The minimum Gasteiger partial charge on any atom is -0.355 e. The van der Waals surface area contributed by atoms with E-state index in [4.69, 9.17) is 4.98 Å². The number of amides is 1. The van der Waals surface area contributed by atoms with Gasteiger partial charge in [-0.3, -0.25) is 4.79 Å². The Morgan fingerprint density at radius 2 is 1.89 bits per heavy atom. The molecular weight excluding hydrogens is 348 g/mol. The average Bonchev–Trinajstić information content (AvgIpc) is 3.03. The van der Waals surface area contributed by atoms with E-state index in [0.717, 1.165) is 64.2 Å². The Balaban J connectivity index is 1.59. The predicted octanol–water partition coefficient (Wildman–Crippen LogP) is 3.56. The van der Waals surface area contributed by atoms with Crippen molar-refractivity contribution in [3.8, 4) is 0 Å². The largest absolute Gasteiger partial charge is 0.355 e. The van der Waals surface area contributed by atoms with Crippen LogP contribution in [0, 0.1) is 6.92 Å². The molecule has 2 saturated heterocycles. The lowest BCUT2D eigenvalue weighted by molar-refractivity contribution is 0.0605. The summed E-state index contributed by atoms with van der Waals surface area (Å²) in [6.07, 6.45) is 4.35. The molecule has 1 amide bonds. The van der Waals surface area contributed by atoms with Crippen LogP contribution in [0.3, 0.4) is 0 Å². The maximum Gasteiger partial charge on any atom is 0.273 e. The lowest BCUT2D eigenvalue weighted by atomic mass is 9.92. The van der Waals surface area contributed by atoms with Gasteiger partial charge in [-0.15, -0.1) is 0 Å². The van der Waals surface area contributed by atoms with Gasteiger partial charge in [0.1, 0.15) is 11.5 Å². The number of carbonyl (C=O) groups is 1. The normalized spacial score (nSPS) is 20.7. The summed E-state index contributed by atoms with van der Waals surface area (Å²) in [7, 11) is 0. The molecule has 2 aromatic rings. The van der Waals surface area contributed by atoms with Crippen molar-refractivity contribution >= 4 is 11.7 Å². The summed E-state index contributed by atoms with van der Waals surface area (Å²) in [5.41, 5.74) is 3.09. The van der Waals surface area contributed by atoms with Crippen molar-refractivity contribution in [2.45, 2.75) is 38.6 Å². The van der Waals surface area contributed by atoms with E-state index in [1.807, 2.05) is 23.1 Å².